The molecule has 1 heterocycles. The SMILES string of the molecule is CC(C)CN1CCN(CCC(=O)Nc2ccc(Cl)cc2)CC1. The fraction of sp³-hybridized carbons (Fsp3) is 0.588. The minimum Gasteiger partial charge on any atom is -0.326 e. The highest BCUT2D eigenvalue weighted by Crippen LogP contribution is 2.13. The Bertz CT molecular complexity index is 467. The van der Waals surface area contributed by atoms with Gasteiger partial charge in [-0.2, -0.15) is 0 Å². The van der Waals surface area contributed by atoms with Crippen LogP contribution in [0.25, 0.3) is 0 Å². The number of hydrogen-bond acceptors (Lipinski definition) is 3. The van der Waals surface area contributed by atoms with Crippen LogP contribution in [0.1, 0.15) is 20.3 Å². The Kier molecular flexibility index (Phi) is 6.68. The lowest BCUT2D eigenvalue weighted by Crippen LogP contribution is -2.47. The molecule has 5 heteroatoms. The predicted octanol–water partition coefficient (Wildman–Crippen LogP) is 2.94. The van der Waals surface area contributed by atoms with Crippen molar-refractivity contribution in [2.24, 2.45) is 5.92 Å². The lowest BCUT2D eigenvalue weighted by atomic mass is 10.2. The highest BCUT2D eigenvalue weighted by atomic mass is 35.5. The summed E-state index contributed by atoms with van der Waals surface area (Å²) >= 11 is 5.83. The van der Waals surface area contributed by atoms with Crippen molar-refractivity contribution < 1.29 is 4.79 Å². The molecule has 1 aromatic carbocycles. The predicted molar refractivity (Wildman–Crippen MR) is 92.4 cm³/mol. The number of carbonyl (C=O) groups excluding carboxylic acids is 1. The molecule has 0 unspecified atom stereocenters. The van der Waals surface area contributed by atoms with E-state index in [1.54, 1.807) is 12.1 Å². The smallest absolute Gasteiger partial charge is 0.225 e. The molecule has 1 fully saturated rings. The van der Waals surface area contributed by atoms with Crippen LogP contribution in [0.15, 0.2) is 24.3 Å². The Morgan fingerprint density at radius 1 is 1.14 bits per heavy atom. The maximum absolute atomic E-state index is 12.0. The van der Waals surface area contributed by atoms with E-state index in [-0.39, 0.29) is 5.91 Å². The molecule has 2 rings (SSSR count). The average molecular weight is 324 g/mol. The van der Waals surface area contributed by atoms with E-state index in [1.807, 2.05) is 12.1 Å². The Labute approximate surface area is 138 Å². The Hall–Kier alpha value is -1.10. The monoisotopic (exact) mass is 323 g/mol. The quantitative estimate of drug-likeness (QED) is 0.874. The van der Waals surface area contributed by atoms with Gasteiger partial charge in [-0.1, -0.05) is 25.4 Å². The van der Waals surface area contributed by atoms with Gasteiger partial charge in [-0.3, -0.25) is 4.79 Å². The summed E-state index contributed by atoms with van der Waals surface area (Å²) in [4.78, 5) is 16.9. The summed E-state index contributed by atoms with van der Waals surface area (Å²) in [5, 5.41) is 3.59. The van der Waals surface area contributed by atoms with Gasteiger partial charge in [0.05, 0.1) is 0 Å². The first-order chi connectivity index (χ1) is 10.5. The van der Waals surface area contributed by atoms with Crippen LogP contribution in [0.2, 0.25) is 5.02 Å². The summed E-state index contributed by atoms with van der Waals surface area (Å²) in [6.07, 6.45) is 0.535. The highest BCUT2D eigenvalue weighted by molar-refractivity contribution is 6.30. The van der Waals surface area contributed by atoms with Gasteiger partial charge in [0.2, 0.25) is 5.91 Å². The van der Waals surface area contributed by atoms with E-state index in [0.29, 0.717) is 11.4 Å². The molecule has 1 saturated heterocycles. The zero-order valence-electron chi connectivity index (χ0n) is 13.5. The molecule has 0 saturated carbocycles. The molecule has 1 aromatic rings. The first-order valence-electron chi connectivity index (χ1n) is 8.03. The molecule has 0 aromatic heterocycles. The van der Waals surface area contributed by atoms with Gasteiger partial charge in [0.25, 0.3) is 0 Å². The van der Waals surface area contributed by atoms with Crippen LogP contribution in [0.3, 0.4) is 0 Å². The lowest BCUT2D eigenvalue weighted by molar-refractivity contribution is -0.116. The van der Waals surface area contributed by atoms with E-state index in [4.69, 9.17) is 11.6 Å². The number of nitrogens with zero attached hydrogens (tertiary/aromatic N) is 2. The maximum atomic E-state index is 12.0. The van der Waals surface area contributed by atoms with Crippen molar-refractivity contribution in [2.45, 2.75) is 20.3 Å². The number of anilines is 1. The summed E-state index contributed by atoms with van der Waals surface area (Å²) in [6.45, 7) is 10.8. The van der Waals surface area contributed by atoms with Crippen LogP contribution in [0, 0.1) is 5.92 Å². The van der Waals surface area contributed by atoms with Gasteiger partial charge in [-0.05, 0) is 30.2 Å². The average Bonchev–Trinajstić information content (AvgIpc) is 2.48. The summed E-state index contributed by atoms with van der Waals surface area (Å²) in [5.74, 6) is 0.781. The first-order valence-corrected chi connectivity index (χ1v) is 8.41. The molecule has 0 atom stereocenters. The second-order valence-corrected chi connectivity index (χ2v) is 6.78. The van der Waals surface area contributed by atoms with Crippen molar-refractivity contribution in [3.63, 3.8) is 0 Å². The summed E-state index contributed by atoms with van der Waals surface area (Å²) in [6, 6.07) is 7.21. The number of piperazine rings is 1. The van der Waals surface area contributed by atoms with Gasteiger partial charge in [0.1, 0.15) is 0 Å². The van der Waals surface area contributed by atoms with Gasteiger partial charge < -0.3 is 15.1 Å². The molecule has 1 aliphatic rings. The van der Waals surface area contributed by atoms with Gasteiger partial charge in [-0.25, -0.2) is 0 Å². The van der Waals surface area contributed by atoms with Crippen molar-refractivity contribution in [1.29, 1.82) is 0 Å². The summed E-state index contributed by atoms with van der Waals surface area (Å²) < 4.78 is 0. The lowest BCUT2D eigenvalue weighted by Gasteiger charge is -2.35. The molecule has 1 amide bonds. The van der Waals surface area contributed by atoms with Crippen molar-refractivity contribution in [3.8, 4) is 0 Å². The minimum atomic E-state index is 0.0620. The van der Waals surface area contributed by atoms with Gasteiger partial charge in [0, 0.05) is 56.4 Å². The zero-order chi connectivity index (χ0) is 15.9. The number of nitrogens with one attached hydrogen (secondary N) is 1. The first kappa shape index (κ1) is 17.3. The third-order valence-corrected chi connectivity index (χ3v) is 4.12. The Morgan fingerprint density at radius 2 is 1.73 bits per heavy atom. The zero-order valence-corrected chi connectivity index (χ0v) is 14.3. The normalized spacial score (nSPS) is 16.9. The fourth-order valence-corrected chi connectivity index (χ4v) is 2.85. The molecule has 0 aliphatic carbocycles. The van der Waals surface area contributed by atoms with Crippen molar-refractivity contribution >= 4 is 23.2 Å². The Morgan fingerprint density at radius 3 is 2.32 bits per heavy atom. The standard InChI is InChI=1S/C17H26ClN3O/c1-14(2)13-21-11-9-20(10-12-21)8-7-17(22)19-16-5-3-15(18)4-6-16/h3-6,14H,7-13H2,1-2H3,(H,19,22). The molecule has 0 radical (unpaired) electrons. The molecule has 0 bridgehead atoms. The Balaban J connectivity index is 1.66. The molecular weight excluding hydrogens is 298 g/mol. The molecule has 22 heavy (non-hydrogen) atoms. The van der Waals surface area contributed by atoms with Crippen LogP contribution in [-0.4, -0.2) is 55.0 Å². The number of amides is 1. The third kappa shape index (κ3) is 5.95. The van der Waals surface area contributed by atoms with Crippen molar-refractivity contribution in [2.75, 3.05) is 44.6 Å². The van der Waals surface area contributed by atoms with Crippen LogP contribution in [0.5, 0.6) is 0 Å². The fourth-order valence-electron chi connectivity index (χ4n) is 2.73. The van der Waals surface area contributed by atoms with Crippen LogP contribution >= 0.6 is 11.6 Å². The molecule has 4 nitrogen and oxygen atoms in total. The van der Waals surface area contributed by atoms with Crippen LogP contribution in [-0.2, 0) is 4.79 Å². The van der Waals surface area contributed by atoms with E-state index in [9.17, 15) is 4.79 Å². The van der Waals surface area contributed by atoms with Crippen LogP contribution in [0.4, 0.5) is 5.69 Å². The van der Waals surface area contributed by atoms with Crippen LogP contribution < -0.4 is 5.32 Å². The third-order valence-electron chi connectivity index (χ3n) is 3.87. The number of benzene rings is 1. The maximum Gasteiger partial charge on any atom is 0.225 e. The number of halogens is 1. The summed E-state index contributed by atoms with van der Waals surface area (Å²) in [7, 11) is 0. The molecule has 1 N–H and O–H groups in total. The highest BCUT2D eigenvalue weighted by Gasteiger charge is 2.17. The largest absolute Gasteiger partial charge is 0.326 e. The van der Waals surface area contributed by atoms with E-state index < -0.39 is 0 Å². The van der Waals surface area contributed by atoms with Gasteiger partial charge in [0.15, 0.2) is 0 Å². The minimum absolute atomic E-state index is 0.0620. The number of hydrogen-bond donors (Lipinski definition) is 1. The van der Waals surface area contributed by atoms with E-state index >= 15 is 0 Å². The molecular formula is C17H26ClN3O. The molecule has 1 aliphatic heterocycles. The second-order valence-electron chi connectivity index (χ2n) is 6.34. The van der Waals surface area contributed by atoms with E-state index in [1.165, 1.54) is 6.54 Å². The van der Waals surface area contributed by atoms with Crippen molar-refractivity contribution in [3.05, 3.63) is 29.3 Å². The topological polar surface area (TPSA) is 35.6 Å². The van der Waals surface area contributed by atoms with Gasteiger partial charge >= 0.3 is 0 Å². The van der Waals surface area contributed by atoms with E-state index in [0.717, 1.165) is 44.3 Å². The van der Waals surface area contributed by atoms with Gasteiger partial charge in [-0.15, -0.1) is 0 Å². The second kappa shape index (κ2) is 8.51. The summed E-state index contributed by atoms with van der Waals surface area (Å²) in [5.41, 5.74) is 0.802. The van der Waals surface area contributed by atoms with Crippen molar-refractivity contribution in [1.82, 2.24) is 9.80 Å². The molecule has 122 valence electrons. The number of carbonyl (C=O) groups is 1. The van der Waals surface area contributed by atoms with E-state index in [2.05, 4.69) is 29.0 Å². The number of rotatable bonds is 6. The molecule has 0 spiro atoms.